The van der Waals surface area contributed by atoms with Crippen molar-refractivity contribution in [2.75, 3.05) is 18.0 Å². The molecule has 0 aliphatic carbocycles. The van der Waals surface area contributed by atoms with Gasteiger partial charge in [0, 0.05) is 30.7 Å². The van der Waals surface area contributed by atoms with E-state index in [9.17, 15) is 4.79 Å². The molecule has 24 heavy (non-hydrogen) atoms. The topological polar surface area (TPSA) is 75.9 Å². The molecule has 3 aromatic rings. The highest BCUT2D eigenvalue weighted by Crippen LogP contribution is 2.22. The summed E-state index contributed by atoms with van der Waals surface area (Å²) in [6.45, 7) is 1.67. The Labute approximate surface area is 142 Å². The molecule has 1 amide bonds. The maximum absolute atomic E-state index is 12.4. The van der Waals surface area contributed by atoms with Gasteiger partial charge in [-0.15, -0.1) is 16.4 Å². The molecule has 1 aliphatic rings. The van der Waals surface area contributed by atoms with Crippen molar-refractivity contribution >= 4 is 22.4 Å². The molecule has 3 heterocycles. The van der Waals surface area contributed by atoms with Crippen LogP contribution in [0.4, 0.5) is 5.13 Å². The molecule has 1 N–H and O–H groups in total. The third kappa shape index (κ3) is 3.00. The first-order valence-electron chi connectivity index (χ1n) is 7.73. The third-order valence-electron chi connectivity index (χ3n) is 3.92. The molecule has 1 unspecified atom stereocenters. The Kier molecular flexibility index (Phi) is 3.96. The van der Waals surface area contributed by atoms with Gasteiger partial charge in [-0.3, -0.25) is 4.79 Å². The van der Waals surface area contributed by atoms with Crippen LogP contribution in [0.1, 0.15) is 16.9 Å². The number of rotatable bonds is 4. The molecule has 122 valence electrons. The largest absolute Gasteiger partial charge is 0.346 e. The molecule has 8 heteroatoms. The molecule has 0 radical (unpaired) electrons. The minimum Gasteiger partial charge on any atom is -0.346 e. The molecule has 7 nitrogen and oxygen atoms in total. The summed E-state index contributed by atoms with van der Waals surface area (Å²) in [7, 11) is 0. The Bertz CT molecular complexity index is 816. The first-order chi connectivity index (χ1) is 11.8. The van der Waals surface area contributed by atoms with E-state index in [1.54, 1.807) is 17.5 Å². The molecule has 1 saturated heterocycles. The zero-order valence-electron chi connectivity index (χ0n) is 12.9. The molecule has 0 saturated carbocycles. The van der Waals surface area contributed by atoms with Gasteiger partial charge in [0.2, 0.25) is 0 Å². The van der Waals surface area contributed by atoms with Gasteiger partial charge in [-0.05, 0) is 18.6 Å². The Hall–Kier alpha value is -2.74. The van der Waals surface area contributed by atoms with Gasteiger partial charge in [0.05, 0.1) is 11.9 Å². The van der Waals surface area contributed by atoms with Gasteiger partial charge in [0.1, 0.15) is 0 Å². The lowest BCUT2D eigenvalue weighted by atomic mass is 10.2. The zero-order valence-corrected chi connectivity index (χ0v) is 13.7. The standard InChI is InChI=1S/C16H16N6OS/c23-15(14-10-18-22(20-14)13-4-2-1-3-5-13)19-12-6-8-21(11-12)16-17-7-9-24-16/h1-5,7,9-10,12H,6,8,11H2,(H,19,23). The second-order valence-corrected chi connectivity index (χ2v) is 6.45. The van der Waals surface area contributed by atoms with Crippen molar-refractivity contribution in [2.45, 2.75) is 12.5 Å². The summed E-state index contributed by atoms with van der Waals surface area (Å²) in [5.41, 5.74) is 1.15. The Morgan fingerprint density at radius 1 is 1.29 bits per heavy atom. The third-order valence-corrected chi connectivity index (χ3v) is 4.76. The molecular formula is C16H16N6OS. The normalized spacial score (nSPS) is 17.2. The van der Waals surface area contributed by atoms with Crippen LogP contribution in [0.15, 0.2) is 48.1 Å². The van der Waals surface area contributed by atoms with Crippen LogP contribution >= 0.6 is 11.3 Å². The maximum atomic E-state index is 12.4. The lowest BCUT2D eigenvalue weighted by Gasteiger charge is -2.15. The predicted octanol–water partition coefficient (Wildman–Crippen LogP) is 1.73. The number of aromatic nitrogens is 4. The number of carbonyl (C=O) groups excluding carboxylic acids is 1. The van der Waals surface area contributed by atoms with E-state index in [1.807, 2.05) is 35.7 Å². The first-order valence-corrected chi connectivity index (χ1v) is 8.60. The number of amides is 1. The van der Waals surface area contributed by atoms with E-state index in [0.717, 1.165) is 30.3 Å². The van der Waals surface area contributed by atoms with Crippen molar-refractivity contribution in [2.24, 2.45) is 0 Å². The molecule has 0 spiro atoms. The second-order valence-electron chi connectivity index (χ2n) is 5.57. The van der Waals surface area contributed by atoms with E-state index in [4.69, 9.17) is 0 Å². The Morgan fingerprint density at radius 2 is 2.17 bits per heavy atom. The Balaban J connectivity index is 1.40. The number of benzene rings is 1. The van der Waals surface area contributed by atoms with Crippen molar-refractivity contribution in [1.82, 2.24) is 25.3 Å². The van der Waals surface area contributed by atoms with Crippen LogP contribution in [-0.2, 0) is 0 Å². The van der Waals surface area contributed by atoms with E-state index >= 15 is 0 Å². The number of anilines is 1. The summed E-state index contributed by atoms with van der Waals surface area (Å²) in [4.78, 5) is 20.3. The van der Waals surface area contributed by atoms with Crippen molar-refractivity contribution in [3.8, 4) is 5.69 Å². The van der Waals surface area contributed by atoms with Crippen LogP contribution < -0.4 is 10.2 Å². The number of hydrogen-bond donors (Lipinski definition) is 1. The smallest absolute Gasteiger partial charge is 0.273 e. The van der Waals surface area contributed by atoms with Crippen molar-refractivity contribution in [3.05, 3.63) is 53.8 Å². The Morgan fingerprint density at radius 3 is 2.96 bits per heavy atom. The number of nitrogens with one attached hydrogen (secondary N) is 1. The summed E-state index contributed by atoms with van der Waals surface area (Å²) in [6, 6.07) is 9.63. The van der Waals surface area contributed by atoms with E-state index in [0.29, 0.717) is 5.69 Å². The van der Waals surface area contributed by atoms with Crippen LogP contribution in [0.25, 0.3) is 5.69 Å². The second kappa shape index (κ2) is 6.40. The van der Waals surface area contributed by atoms with E-state index in [2.05, 4.69) is 25.4 Å². The average molecular weight is 340 g/mol. The number of nitrogens with zero attached hydrogens (tertiary/aromatic N) is 5. The van der Waals surface area contributed by atoms with Gasteiger partial charge >= 0.3 is 0 Å². The van der Waals surface area contributed by atoms with Gasteiger partial charge < -0.3 is 10.2 Å². The highest BCUT2D eigenvalue weighted by molar-refractivity contribution is 7.13. The summed E-state index contributed by atoms with van der Waals surface area (Å²) in [6.07, 6.45) is 4.20. The highest BCUT2D eigenvalue weighted by atomic mass is 32.1. The van der Waals surface area contributed by atoms with Gasteiger partial charge in [-0.1, -0.05) is 18.2 Å². The van der Waals surface area contributed by atoms with Crippen LogP contribution in [0.5, 0.6) is 0 Å². The average Bonchev–Trinajstić information content (AvgIpc) is 3.36. The number of para-hydroxylation sites is 1. The zero-order chi connectivity index (χ0) is 16.4. The molecule has 2 aromatic heterocycles. The number of hydrogen-bond acceptors (Lipinski definition) is 6. The van der Waals surface area contributed by atoms with E-state index in [-0.39, 0.29) is 11.9 Å². The lowest BCUT2D eigenvalue weighted by molar-refractivity contribution is 0.0935. The summed E-state index contributed by atoms with van der Waals surface area (Å²) < 4.78 is 0. The van der Waals surface area contributed by atoms with Crippen molar-refractivity contribution < 1.29 is 4.79 Å². The van der Waals surface area contributed by atoms with Gasteiger partial charge in [-0.2, -0.15) is 9.90 Å². The van der Waals surface area contributed by atoms with Crippen LogP contribution in [0.3, 0.4) is 0 Å². The minimum absolute atomic E-state index is 0.100. The highest BCUT2D eigenvalue weighted by Gasteiger charge is 2.26. The lowest BCUT2D eigenvalue weighted by Crippen LogP contribution is -2.37. The van der Waals surface area contributed by atoms with Crippen molar-refractivity contribution in [3.63, 3.8) is 0 Å². The molecule has 1 aliphatic heterocycles. The summed E-state index contributed by atoms with van der Waals surface area (Å²) >= 11 is 1.61. The van der Waals surface area contributed by atoms with E-state index < -0.39 is 0 Å². The van der Waals surface area contributed by atoms with Gasteiger partial charge in [0.15, 0.2) is 10.8 Å². The molecule has 1 fully saturated rings. The SMILES string of the molecule is O=C(NC1CCN(c2nccs2)C1)c1cnn(-c2ccccc2)n1. The van der Waals surface area contributed by atoms with E-state index in [1.165, 1.54) is 11.0 Å². The molecular weight excluding hydrogens is 324 g/mol. The molecule has 1 aromatic carbocycles. The van der Waals surface area contributed by atoms with Gasteiger partial charge in [0.25, 0.3) is 5.91 Å². The fourth-order valence-corrected chi connectivity index (χ4v) is 3.42. The fourth-order valence-electron chi connectivity index (χ4n) is 2.74. The number of carbonyl (C=O) groups is 1. The van der Waals surface area contributed by atoms with Crippen molar-refractivity contribution in [1.29, 1.82) is 0 Å². The monoisotopic (exact) mass is 340 g/mol. The van der Waals surface area contributed by atoms with Crippen LogP contribution in [0.2, 0.25) is 0 Å². The minimum atomic E-state index is -0.192. The summed E-state index contributed by atoms with van der Waals surface area (Å²) in [5.74, 6) is -0.192. The predicted molar refractivity (Wildman–Crippen MR) is 91.6 cm³/mol. The number of thiazole rings is 1. The van der Waals surface area contributed by atoms with Gasteiger partial charge in [-0.25, -0.2) is 4.98 Å². The van der Waals surface area contributed by atoms with Crippen LogP contribution in [-0.4, -0.2) is 45.0 Å². The summed E-state index contributed by atoms with van der Waals surface area (Å²) in [5, 5.41) is 14.4. The first kappa shape index (κ1) is 14.8. The maximum Gasteiger partial charge on any atom is 0.273 e. The molecule has 0 bridgehead atoms. The quantitative estimate of drug-likeness (QED) is 0.783. The van der Waals surface area contributed by atoms with Crippen LogP contribution in [0, 0.1) is 0 Å². The fraction of sp³-hybridized carbons (Fsp3) is 0.250. The molecule has 1 atom stereocenters. The molecule has 4 rings (SSSR count).